The van der Waals surface area contributed by atoms with Crippen LogP contribution in [0, 0.1) is 0 Å². The summed E-state index contributed by atoms with van der Waals surface area (Å²) in [5.74, 6) is 0. The zero-order valence-corrected chi connectivity index (χ0v) is 7.44. The predicted molar refractivity (Wildman–Crippen MR) is 46.9 cm³/mol. The van der Waals surface area contributed by atoms with Gasteiger partial charge in [-0.3, -0.25) is 0 Å². The van der Waals surface area contributed by atoms with Crippen molar-refractivity contribution in [3.63, 3.8) is 0 Å². The second-order valence-corrected chi connectivity index (χ2v) is 6.76. The van der Waals surface area contributed by atoms with Crippen LogP contribution in [-0.2, 0) is 0 Å². The fourth-order valence-electron chi connectivity index (χ4n) is 0.607. The van der Waals surface area contributed by atoms with Crippen molar-refractivity contribution in [1.82, 2.24) is 0 Å². The molecule has 1 rings (SSSR count). The highest BCUT2D eigenvalue weighted by Crippen LogP contribution is 2.63. The molecular formula is C6H6Cl2OP+. The van der Waals surface area contributed by atoms with E-state index in [4.69, 9.17) is 27.4 Å². The minimum absolute atomic E-state index is 0.596. The molecule has 1 N–H and O–H groups in total. The number of hydrogen-bond donors (Lipinski definition) is 1. The maximum absolute atomic E-state index is 9.13. The molecule has 0 aliphatic carbocycles. The van der Waals surface area contributed by atoms with E-state index in [1.807, 2.05) is 6.07 Å². The molecule has 0 saturated heterocycles. The first-order chi connectivity index (χ1) is 4.61. The van der Waals surface area contributed by atoms with Crippen LogP contribution >= 0.6 is 28.7 Å². The summed E-state index contributed by atoms with van der Waals surface area (Å²) in [6.07, 6.45) is -2.82. The second kappa shape index (κ2) is 3.06. The smallest absolute Gasteiger partial charge is 0.210 e. The third-order valence-corrected chi connectivity index (χ3v) is 3.16. The van der Waals surface area contributed by atoms with Crippen LogP contribution in [-0.4, -0.2) is 4.89 Å². The molecule has 0 spiro atoms. The molecule has 10 heavy (non-hydrogen) atoms. The van der Waals surface area contributed by atoms with Gasteiger partial charge in [0.05, 0.1) is 0 Å². The van der Waals surface area contributed by atoms with Crippen LogP contribution in [0.5, 0.6) is 0 Å². The van der Waals surface area contributed by atoms with E-state index in [-0.39, 0.29) is 0 Å². The van der Waals surface area contributed by atoms with Gasteiger partial charge in [0.15, 0.2) is 5.30 Å². The molecule has 0 heterocycles. The first-order valence-corrected chi connectivity index (χ1v) is 6.22. The van der Waals surface area contributed by atoms with Crippen molar-refractivity contribution in [3.05, 3.63) is 30.3 Å². The largest absolute Gasteiger partial charge is 0.368 e. The minimum Gasteiger partial charge on any atom is -0.210 e. The van der Waals surface area contributed by atoms with Crippen molar-refractivity contribution in [2.75, 3.05) is 0 Å². The molecule has 1 nitrogen and oxygen atoms in total. The lowest BCUT2D eigenvalue weighted by molar-refractivity contribution is 0.644. The molecular weight excluding hydrogens is 190 g/mol. The van der Waals surface area contributed by atoms with Crippen molar-refractivity contribution in [2.45, 2.75) is 0 Å². The molecule has 0 unspecified atom stereocenters. The lowest BCUT2D eigenvalue weighted by atomic mass is 10.4. The number of benzene rings is 1. The van der Waals surface area contributed by atoms with Crippen molar-refractivity contribution in [1.29, 1.82) is 0 Å². The van der Waals surface area contributed by atoms with E-state index in [1.165, 1.54) is 0 Å². The van der Waals surface area contributed by atoms with Gasteiger partial charge in [-0.25, -0.2) is 4.89 Å². The fourth-order valence-corrected chi connectivity index (χ4v) is 1.81. The van der Waals surface area contributed by atoms with Gasteiger partial charge in [0.1, 0.15) is 22.5 Å². The molecule has 0 fully saturated rings. The zero-order chi connectivity index (χ0) is 7.61. The van der Waals surface area contributed by atoms with Crippen molar-refractivity contribution < 1.29 is 4.89 Å². The highest BCUT2D eigenvalue weighted by atomic mass is 35.9. The average Bonchev–Trinajstić information content (AvgIpc) is 1.88. The van der Waals surface area contributed by atoms with Gasteiger partial charge < -0.3 is 0 Å². The van der Waals surface area contributed by atoms with Gasteiger partial charge in [0, 0.05) is 0 Å². The summed E-state index contributed by atoms with van der Waals surface area (Å²) >= 11 is 11.0. The Bertz CT molecular complexity index is 207. The third-order valence-electron chi connectivity index (χ3n) is 1.07. The second-order valence-electron chi connectivity index (χ2n) is 1.82. The van der Waals surface area contributed by atoms with Crippen molar-refractivity contribution in [3.8, 4) is 0 Å². The van der Waals surface area contributed by atoms with Crippen LogP contribution in [0.1, 0.15) is 0 Å². The number of rotatable bonds is 1. The van der Waals surface area contributed by atoms with Crippen LogP contribution in [0.15, 0.2) is 30.3 Å². The Morgan fingerprint density at radius 1 is 1.10 bits per heavy atom. The van der Waals surface area contributed by atoms with E-state index in [0.29, 0.717) is 5.30 Å². The summed E-state index contributed by atoms with van der Waals surface area (Å²) in [5.41, 5.74) is 0. The van der Waals surface area contributed by atoms with Gasteiger partial charge in [-0.1, -0.05) is 18.2 Å². The molecule has 0 radical (unpaired) electrons. The highest BCUT2D eigenvalue weighted by molar-refractivity contribution is 8.18. The molecule has 0 aromatic heterocycles. The summed E-state index contributed by atoms with van der Waals surface area (Å²) in [6.45, 7) is 0. The predicted octanol–water partition coefficient (Wildman–Crippen LogP) is 2.54. The minimum atomic E-state index is -2.82. The van der Waals surface area contributed by atoms with Crippen LogP contribution in [0.4, 0.5) is 0 Å². The standard InChI is InChI=1S/C6H6Cl2OP/c7-10(8,9)6-4-2-1-3-5-6/h1-5,9H/q+1. The van der Waals surface area contributed by atoms with Gasteiger partial charge in [-0.2, -0.15) is 0 Å². The molecule has 0 atom stereocenters. The highest BCUT2D eigenvalue weighted by Gasteiger charge is 2.34. The van der Waals surface area contributed by atoms with Crippen LogP contribution in [0.2, 0.25) is 0 Å². The average molecular weight is 196 g/mol. The van der Waals surface area contributed by atoms with E-state index in [2.05, 4.69) is 0 Å². The van der Waals surface area contributed by atoms with E-state index in [1.54, 1.807) is 24.3 Å². The van der Waals surface area contributed by atoms with Gasteiger partial charge in [0.25, 0.3) is 0 Å². The molecule has 0 saturated carbocycles. The molecule has 1 aromatic carbocycles. The molecule has 4 heteroatoms. The van der Waals surface area contributed by atoms with Gasteiger partial charge in [-0.15, -0.1) is 0 Å². The van der Waals surface area contributed by atoms with Crippen LogP contribution in [0.3, 0.4) is 0 Å². The van der Waals surface area contributed by atoms with E-state index in [9.17, 15) is 0 Å². The Balaban J connectivity index is 2.97. The van der Waals surface area contributed by atoms with Gasteiger partial charge >= 0.3 is 6.19 Å². The topological polar surface area (TPSA) is 20.2 Å². The molecule has 54 valence electrons. The van der Waals surface area contributed by atoms with Crippen LogP contribution < -0.4 is 5.30 Å². The van der Waals surface area contributed by atoms with Gasteiger partial charge in [-0.05, 0) is 12.1 Å². The lowest BCUT2D eigenvalue weighted by Crippen LogP contribution is -1.99. The molecule has 1 aromatic rings. The Labute approximate surface area is 69.6 Å². The SMILES string of the molecule is O[P+](Cl)(Cl)c1ccccc1. The zero-order valence-electron chi connectivity index (χ0n) is 5.04. The Morgan fingerprint density at radius 2 is 1.60 bits per heavy atom. The maximum Gasteiger partial charge on any atom is 0.368 e. The lowest BCUT2D eigenvalue weighted by Gasteiger charge is -1.98. The monoisotopic (exact) mass is 195 g/mol. The Kier molecular flexibility index (Phi) is 2.54. The molecule has 0 aliphatic heterocycles. The molecule has 0 amide bonds. The van der Waals surface area contributed by atoms with Gasteiger partial charge in [0.2, 0.25) is 0 Å². The van der Waals surface area contributed by atoms with E-state index >= 15 is 0 Å². The molecule has 0 aliphatic rings. The van der Waals surface area contributed by atoms with Crippen molar-refractivity contribution in [2.24, 2.45) is 0 Å². The third kappa shape index (κ3) is 2.10. The Hall–Kier alpha value is 0.190. The summed E-state index contributed by atoms with van der Waals surface area (Å²) in [5, 5.41) is 0.596. The maximum atomic E-state index is 9.13. The summed E-state index contributed by atoms with van der Waals surface area (Å²) in [6, 6.07) is 8.81. The molecule has 0 bridgehead atoms. The normalized spacial score (nSPS) is 11.5. The van der Waals surface area contributed by atoms with Crippen LogP contribution in [0.25, 0.3) is 0 Å². The van der Waals surface area contributed by atoms with Crippen molar-refractivity contribution >= 4 is 34.0 Å². The fraction of sp³-hybridized carbons (Fsp3) is 0. The summed E-state index contributed by atoms with van der Waals surface area (Å²) in [4.78, 5) is 9.13. The first-order valence-electron chi connectivity index (χ1n) is 2.67. The number of hydrogen-bond acceptors (Lipinski definition) is 1. The van der Waals surface area contributed by atoms with E-state index < -0.39 is 6.19 Å². The quantitative estimate of drug-likeness (QED) is 0.684. The first kappa shape index (κ1) is 8.29. The Morgan fingerprint density at radius 3 is 1.90 bits per heavy atom. The summed E-state index contributed by atoms with van der Waals surface area (Å²) < 4.78 is 0. The number of halogens is 2. The van der Waals surface area contributed by atoms with E-state index in [0.717, 1.165) is 0 Å². The summed E-state index contributed by atoms with van der Waals surface area (Å²) in [7, 11) is 0.